The van der Waals surface area contributed by atoms with Crippen LogP contribution in [0.4, 0.5) is 0 Å². The number of furan rings is 1. The first-order chi connectivity index (χ1) is 7.66. The fourth-order valence-corrected chi connectivity index (χ4v) is 2.26. The van der Waals surface area contributed by atoms with E-state index in [9.17, 15) is 0 Å². The van der Waals surface area contributed by atoms with Crippen LogP contribution in [-0.2, 0) is 6.54 Å². The number of rotatable bonds is 4. The number of nitrogens with zero attached hydrogens (tertiary/aromatic N) is 1. The first kappa shape index (κ1) is 11.4. The van der Waals surface area contributed by atoms with Gasteiger partial charge in [-0.15, -0.1) is 11.3 Å². The number of hydrogen-bond acceptors (Lipinski definition) is 4. The van der Waals surface area contributed by atoms with Crippen LogP contribution in [0.1, 0.15) is 25.1 Å². The summed E-state index contributed by atoms with van der Waals surface area (Å²) in [5.41, 5.74) is 2.21. The van der Waals surface area contributed by atoms with Crippen molar-refractivity contribution in [1.29, 1.82) is 0 Å². The van der Waals surface area contributed by atoms with Crippen LogP contribution in [0.2, 0.25) is 0 Å². The van der Waals surface area contributed by atoms with Gasteiger partial charge in [-0.25, -0.2) is 4.98 Å². The van der Waals surface area contributed by atoms with Gasteiger partial charge in [-0.2, -0.15) is 0 Å². The maximum absolute atomic E-state index is 5.42. The lowest BCUT2D eigenvalue weighted by Gasteiger charge is -2.04. The number of nitrogens with one attached hydrogen (secondary N) is 1. The summed E-state index contributed by atoms with van der Waals surface area (Å²) >= 11 is 1.63. The van der Waals surface area contributed by atoms with Gasteiger partial charge in [-0.3, -0.25) is 0 Å². The van der Waals surface area contributed by atoms with Crippen LogP contribution in [0.3, 0.4) is 0 Å². The summed E-state index contributed by atoms with van der Waals surface area (Å²) in [4.78, 5) is 4.55. The van der Waals surface area contributed by atoms with E-state index in [2.05, 4.69) is 29.5 Å². The highest BCUT2D eigenvalue weighted by molar-refractivity contribution is 7.13. The molecule has 0 aliphatic heterocycles. The van der Waals surface area contributed by atoms with Gasteiger partial charge in [0.15, 0.2) is 10.8 Å². The van der Waals surface area contributed by atoms with Gasteiger partial charge in [0.2, 0.25) is 0 Å². The summed E-state index contributed by atoms with van der Waals surface area (Å²) < 4.78 is 5.42. The molecule has 0 saturated heterocycles. The molecule has 0 amide bonds. The van der Waals surface area contributed by atoms with Gasteiger partial charge in [0.1, 0.15) is 0 Å². The zero-order valence-electron chi connectivity index (χ0n) is 9.78. The largest absolute Gasteiger partial charge is 0.462 e. The molecule has 0 spiro atoms. The SMILES string of the molecule is Cc1ccoc1-c1nc(CNC(C)C)cs1. The zero-order chi connectivity index (χ0) is 11.5. The summed E-state index contributed by atoms with van der Waals surface area (Å²) in [7, 11) is 0. The molecule has 0 fully saturated rings. The topological polar surface area (TPSA) is 38.1 Å². The zero-order valence-corrected chi connectivity index (χ0v) is 10.6. The van der Waals surface area contributed by atoms with Crippen LogP contribution in [0, 0.1) is 6.92 Å². The Morgan fingerprint density at radius 1 is 1.50 bits per heavy atom. The highest BCUT2D eigenvalue weighted by Crippen LogP contribution is 2.27. The molecule has 0 aliphatic carbocycles. The van der Waals surface area contributed by atoms with Crippen molar-refractivity contribution in [2.45, 2.75) is 33.4 Å². The van der Waals surface area contributed by atoms with Gasteiger partial charge in [0.05, 0.1) is 12.0 Å². The van der Waals surface area contributed by atoms with Crippen LogP contribution in [0.15, 0.2) is 22.1 Å². The maximum atomic E-state index is 5.42. The minimum Gasteiger partial charge on any atom is -0.462 e. The second-order valence-electron chi connectivity index (χ2n) is 4.11. The number of hydrogen-bond donors (Lipinski definition) is 1. The Balaban J connectivity index is 2.11. The third kappa shape index (κ3) is 2.51. The van der Waals surface area contributed by atoms with Crippen LogP contribution in [0.5, 0.6) is 0 Å². The number of aromatic nitrogens is 1. The van der Waals surface area contributed by atoms with Crippen LogP contribution in [0.25, 0.3) is 10.8 Å². The second-order valence-corrected chi connectivity index (χ2v) is 4.97. The third-order valence-electron chi connectivity index (χ3n) is 2.30. The molecule has 1 N–H and O–H groups in total. The smallest absolute Gasteiger partial charge is 0.165 e. The second kappa shape index (κ2) is 4.80. The Morgan fingerprint density at radius 2 is 2.31 bits per heavy atom. The van der Waals surface area contributed by atoms with E-state index in [1.807, 2.05) is 13.0 Å². The summed E-state index contributed by atoms with van der Waals surface area (Å²) in [5, 5.41) is 6.39. The fraction of sp³-hybridized carbons (Fsp3) is 0.417. The van der Waals surface area contributed by atoms with E-state index in [-0.39, 0.29) is 0 Å². The quantitative estimate of drug-likeness (QED) is 0.885. The van der Waals surface area contributed by atoms with Gasteiger partial charge in [-0.05, 0) is 18.6 Å². The van der Waals surface area contributed by atoms with Gasteiger partial charge < -0.3 is 9.73 Å². The molecule has 0 radical (unpaired) electrons. The molecule has 0 aliphatic rings. The van der Waals surface area contributed by atoms with E-state index >= 15 is 0 Å². The van der Waals surface area contributed by atoms with Gasteiger partial charge in [-0.1, -0.05) is 13.8 Å². The van der Waals surface area contributed by atoms with E-state index in [1.54, 1.807) is 17.6 Å². The van der Waals surface area contributed by atoms with Crippen molar-refractivity contribution in [3.8, 4) is 10.8 Å². The van der Waals surface area contributed by atoms with E-state index in [0.29, 0.717) is 6.04 Å². The van der Waals surface area contributed by atoms with Crippen molar-refractivity contribution in [1.82, 2.24) is 10.3 Å². The lowest BCUT2D eigenvalue weighted by molar-refractivity contribution is 0.575. The van der Waals surface area contributed by atoms with Crippen molar-refractivity contribution in [2.24, 2.45) is 0 Å². The normalized spacial score (nSPS) is 11.2. The predicted molar refractivity (Wildman–Crippen MR) is 66.5 cm³/mol. The van der Waals surface area contributed by atoms with Crippen molar-refractivity contribution >= 4 is 11.3 Å². The summed E-state index contributed by atoms with van der Waals surface area (Å²) in [5.74, 6) is 0.890. The molecular weight excluding hydrogens is 220 g/mol. The molecule has 3 nitrogen and oxygen atoms in total. The molecule has 4 heteroatoms. The molecular formula is C12H16N2OS. The van der Waals surface area contributed by atoms with E-state index in [1.165, 1.54) is 0 Å². The Morgan fingerprint density at radius 3 is 2.94 bits per heavy atom. The van der Waals surface area contributed by atoms with E-state index < -0.39 is 0 Å². The molecule has 0 saturated carbocycles. The average molecular weight is 236 g/mol. The van der Waals surface area contributed by atoms with Crippen LogP contribution in [-0.4, -0.2) is 11.0 Å². The van der Waals surface area contributed by atoms with Crippen molar-refractivity contribution in [3.63, 3.8) is 0 Å². The molecule has 0 unspecified atom stereocenters. The van der Waals surface area contributed by atoms with E-state index in [4.69, 9.17) is 4.42 Å². The summed E-state index contributed by atoms with van der Waals surface area (Å²) in [6.07, 6.45) is 1.71. The lowest BCUT2D eigenvalue weighted by Crippen LogP contribution is -2.21. The van der Waals surface area contributed by atoms with Gasteiger partial charge in [0.25, 0.3) is 0 Å². The van der Waals surface area contributed by atoms with Crippen molar-refractivity contribution in [2.75, 3.05) is 0 Å². The molecule has 0 atom stereocenters. The highest BCUT2D eigenvalue weighted by atomic mass is 32.1. The predicted octanol–water partition coefficient (Wildman–Crippen LogP) is 3.21. The van der Waals surface area contributed by atoms with Crippen LogP contribution >= 0.6 is 11.3 Å². The standard InChI is InChI=1S/C12H16N2OS/c1-8(2)13-6-10-7-16-12(14-10)11-9(3)4-5-15-11/h4-5,7-8,13H,6H2,1-3H3. The fourth-order valence-electron chi connectivity index (χ4n) is 1.39. The van der Waals surface area contributed by atoms with Gasteiger partial charge in [0, 0.05) is 18.0 Å². The first-order valence-electron chi connectivity index (χ1n) is 5.39. The monoisotopic (exact) mass is 236 g/mol. The molecule has 2 aromatic heterocycles. The Kier molecular flexibility index (Phi) is 3.41. The average Bonchev–Trinajstić information content (AvgIpc) is 2.83. The van der Waals surface area contributed by atoms with Crippen molar-refractivity contribution in [3.05, 3.63) is 29.0 Å². The minimum absolute atomic E-state index is 0.482. The Bertz CT molecular complexity index is 459. The maximum Gasteiger partial charge on any atom is 0.165 e. The Hall–Kier alpha value is -1.13. The molecule has 86 valence electrons. The number of thiazole rings is 1. The number of aryl methyl sites for hydroxylation is 1. The molecule has 2 heterocycles. The third-order valence-corrected chi connectivity index (χ3v) is 3.19. The molecule has 2 rings (SSSR count). The molecule has 0 aromatic carbocycles. The van der Waals surface area contributed by atoms with Gasteiger partial charge >= 0.3 is 0 Å². The summed E-state index contributed by atoms with van der Waals surface area (Å²) in [6.45, 7) is 7.11. The van der Waals surface area contributed by atoms with E-state index in [0.717, 1.165) is 28.6 Å². The first-order valence-corrected chi connectivity index (χ1v) is 6.27. The highest BCUT2D eigenvalue weighted by Gasteiger charge is 2.10. The molecule has 16 heavy (non-hydrogen) atoms. The summed E-state index contributed by atoms with van der Waals surface area (Å²) in [6, 6.07) is 2.44. The van der Waals surface area contributed by atoms with Crippen molar-refractivity contribution < 1.29 is 4.42 Å². The Labute approximate surface area is 99.5 Å². The van der Waals surface area contributed by atoms with Crippen LogP contribution < -0.4 is 5.32 Å². The molecule has 0 bridgehead atoms. The molecule has 2 aromatic rings. The minimum atomic E-state index is 0.482. The lowest BCUT2D eigenvalue weighted by atomic mass is 10.3.